The summed E-state index contributed by atoms with van der Waals surface area (Å²) in [6.07, 6.45) is 3.30. The molecule has 0 atom stereocenters. The van der Waals surface area contributed by atoms with Crippen molar-refractivity contribution in [2.24, 2.45) is 0 Å². The number of hydrogen-bond donors (Lipinski definition) is 0. The van der Waals surface area contributed by atoms with Gasteiger partial charge in [0.2, 0.25) is 5.82 Å². The van der Waals surface area contributed by atoms with E-state index in [1.807, 2.05) is 19.1 Å². The highest BCUT2D eigenvalue weighted by atomic mass is 35.5. The number of aryl methyl sites for hydroxylation is 2. The summed E-state index contributed by atoms with van der Waals surface area (Å²) in [6.45, 7) is 3.50. The first-order valence-electron chi connectivity index (χ1n) is 8.21. The van der Waals surface area contributed by atoms with E-state index < -0.39 is 5.82 Å². The molecule has 0 spiro atoms. The Morgan fingerprint density at radius 3 is 2.67 bits per heavy atom. The Morgan fingerprint density at radius 2 is 1.89 bits per heavy atom. The number of hydrogen-bond acceptors (Lipinski definition) is 5. The molecule has 0 fully saturated rings. The zero-order valence-corrected chi connectivity index (χ0v) is 15.3. The van der Waals surface area contributed by atoms with Crippen molar-refractivity contribution in [2.45, 2.75) is 13.8 Å². The highest BCUT2D eigenvalue weighted by molar-refractivity contribution is 6.30. The number of nitrogens with zero attached hydrogens (tertiary/aromatic N) is 4. The molecule has 4 aromatic rings. The van der Waals surface area contributed by atoms with Crippen LogP contribution in [0.2, 0.25) is 5.02 Å². The first-order chi connectivity index (χ1) is 13.0. The molecular formula is C20H14ClFN4O. The second-order valence-electron chi connectivity index (χ2n) is 6.08. The summed E-state index contributed by atoms with van der Waals surface area (Å²) < 4.78 is 20.0. The van der Waals surface area contributed by atoms with Gasteiger partial charge in [0.15, 0.2) is 5.82 Å². The molecule has 0 amide bonds. The molecule has 5 nitrogen and oxygen atoms in total. The number of aromatic nitrogens is 4. The van der Waals surface area contributed by atoms with Crippen LogP contribution in [-0.4, -0.2) is 20.1 Å². The van der Waals surface area contributed by atoms with Gasteiger partial charge in [-0.25, -0.2) is 9.37 Å². The van der Waals surface area contributed by atoms with Crippen molar-refractivity contribution in [1.82, 2.24) is 20.1 Å². The molecule has 1 aromatic carbocycles. The minimum absolute atomic E-state index is 0.250. The van der Waals surface area contributed by atoms with E-state index in [9.17, 15) is 4.39 Å². The summed E-state index contributed by atoms with van der Waals surface area (Å²) in [5.74, 6) is 0.194. The zero-order chi connectivity index (χ0) is 19.0. The van der Waals surface area contributed by atoms with Crippen LogP contribution in [0.1, 0.15) is 11.3 Å². The highest BCUT2D eigenvalue weighted by Crippen LogP contribution is 2.30. The van der Waals surface area contributed by atoms with Gasteiger partial charge in [-0.15, -0.1) is 0 Å². The fourth-order valence-electron chi connectivity index (χ4n) is 2.78. The molecule has 0 radical (unpaired) electrons. The van der Waals surface area contributed by atoms with Gasteiger partial charge in [-0.05, 0) is 49.7 Å². The van der Waals surface area contributed by atoms with Crippen LogP contribution in [0.3, 0.4) is 0 Å². The molecule has 3 heterocycles. The van der Waals surface area contributed by atoms with Crippen LogP contribution in [0.5, 0.6) is 0 Å². The lowest BCUT2D eigenvalue weighted by atomic mass is 10.0. The molecule has 4 rings (SSSR count). The van der Waals surface area contributed by atoms with Crippen molar-refractivity contribution in [1.29, 1.82) is 0 Å². The molecule has 0 saturated heterocycles. The van der Waals surface area contributed by atoms with Crippen molar-refractivity contribution in [3.8, 4) is 34.1 Å². The van der Waals surface area contributed by atoms with Crippen molar-refractivity contribution in [3.63, 3.8) is 0 Å². The quantitative estimate of drug-likeness (QED) is 0.484. The maximum Gasteiger partial charge on any atom is 0.258 e. The zero-order valence-electron chi connectivity index (χ0n) is 14.6. The van der Waals surface area contributed by atoms with Crippen molar-refractivity contribution in [2.75, 3.05) is 0 Å². The number of halogens is 2. The lowest BCUT2D eigenvalue weighted by molar-refractivity contribution is 0.432. The van der Waals surface area contributed by atoms with Crippen LogP contribution in [-0.2, 0) is 0 Å². The summed E-state index contributed by atoms with van der Waals surface area (Å²) in [5.41, 5.74) is 3.37. The Morgan fingerprint density at radius 1 is 1.04 bits per heavy atom. The third-order valence-electron chi connectivity index (χ3n) is 4.18. The Bertz CT molecular complexity index is 1140. The van der Waals surface area contributed by atoms with Gasteiger partial charge in [-0.3, -0.25) is 4.98 Å². The predicted molar refractivity (Wildman–Crippen MR) is 101 cm³/mol. The number of pyridine rings is 2. The normalized spacial score (nSPS) is 11.0. The molecule has 3 aromatic heterocycles. The predicted octanol–water partition coefficient (Wildman–Crippen LogP) is 5.27. The van der Waals surface area contributed by atoms with Crippen molar-refractivity contribution < 1.29 is 8.91 Å². The van der Waals surface area contributed by atoms with Crippen LogP contribution in [0.15, 0.2) is 53.3 Å². The SMILES string of the molecule is Cc1ccncc1-c1cc(-c2noc(-c3cccc(Cl)c3)n2)nc(C)c1F. The van der Waals surface area contributed by atoms with Gasteiger partial charge >= 0.3 is 0 Å². The third kappa shape index (κ3) is 3.31. The van der Waals surface area contributed by atoms with Crippen LogP contribution >= 0.6 is 11.6 Å². The van der Waals surface area contributed by atoms with Gasteiger partial charge in [0.1, 0.15) is 5.69 Å². The molecule has 0 aliphatic rings. The van der Waals surface area contributed by atoms with Gasteiger partial charge in [-0.2, -0.15) is 4.98 Å². The minimum Gasteiger partial charge on any atom is -0.334 e. The van der Waals surface area contributed by atoms with Gasteiger partial charge in [0.25, 0.3) is 5.89 Å². The first-order valence-corrected chi connectivity index (χ1v) is 8.59. The summed E-state index contributed by atoms with van der Waals surface area (Å²) in [4.78, 5) is 12.8. The molecule has 0 aliphatic heterocycles. The van der Waals surface area contributed by atoms with Crippen LogP contribution in [0.25, 0.3) is 34.1 Å². The Labute approximate surface area is 159 Å². The number of benzene rings is 1. The molecule has 0 unspecified atom stereocenters. The fourth-order valence-corrected chi connectivity index (χ4v) is 2.97. The molecule has 0 saturated carbocycles. The lowest BCUT2D eigenvalue weighted by Gasteiger charge is -2.09. The van der Waals surface area contributed by atoms with Crippen LogP contribution in [0, 0.1) is 19.7 Å². The fraction of sp³-hybridized carbons (Fsp3) is 0.100. The summed E-state index contributed by atoms with van der Waals surface area (Å²) in [7, 11) is 0. The Hall–Kier alpha value is -3.12. The molecule has 134 valence electrons. The average molecular weight is 381 g/mol. The maximum atomic E-state index is 14.7. The van der Waals surface area contributed by atoms with Gasteiger partial charge in [0.05, 0.1) is 5.69 Å². The second-order valence-corrected chi connectivity index (χ2v) is 6.51. The molecule has 27 heavy (non-hydrogen) atoms. The van der Waals surface area contributed by atoms with E-state index in [0.29, 0.717) is 33.3 Å². The first kappa shape index (κ1) is 17.3. The van der Waals surface area contributed by atoms with E-state index in [4.69, 9.17) is 16.1 Å². The molecule has 7 heteroatoms. The highest BCUT2D eigenvalue weighted by Gasteiger charge is 2.18. The van der Waals surface area contributed by atoms with E-state index in [0.717, 1.165) is 5.56 Å². The van der Waals surface area contributed by atoms with Crippen molar-refractivity contribution >= 4 is 11.6 Å². The largest absolute Gasteiger partial charge is 0.334 e. The monoisotopic (exact) mass is 380 g/mol. The molecular weight excluding hydrogens is 367 g/mol. The van der Waals surface area contributed by atoms with Crippen molar-refractivity contribution in [3.05, 3.63) is 70.9 Å². The smallest absolute Gasteiger partial charge is 0.258 e. The maximum absolute atomic E-state index is 14.7. The number of rotatable bonds is 3. The molecule has 0 bridgehead atoms. The summed E-state index contributed by atoms with van der Waals surface area (Å²) in [5, 5.41) is 4.56. The van der Waals surface area contributed by atoms with Gasteiger partial charge in [0, 0.05) is 34.1 Å². The second kappa shape index (κ2) is 6.89. The third-order valence-corrected chi connectivity index (χ3v) is 4.41. The lowest BCUT2D eigenvalue weighted by Crippen LogP contribution is -1.98. The van der Waals surface area contributed by atoms with E-state index in [1.54, 1.807) is 43.6 Å². The Balaban J connectivity index is 1.81. The van der Waals surface area contributed by atoms with Crippen LogP contribution < -0.4 is 0 Å². The summed E-state index contributed by atoms with van der Waals surface area (Å²) in [6, 6.07) is 10.5. The van der Waals surface area contributed by atoms with E-state index in [2.05, 4.69) is 20.1 Å². The van der Waals surface area contributed by atoms with Gasteiger partial charge < -0.3 is 4.52 Å². The molecule has 0 N–H and O–H groups in total. The van der Waals surface area contributed by atoms with E-state index in [1.165, 1.54) is 0 Å². The van der Waals surface area contributed by atoms with Crippen LogP contribution in [0.4, 0.5) is 4.39 Å². The standard InChI is InChI=1S/C20H14ClFN4O/c1-11-6-7-23-10-16(11)15-9-17(24-12(2)18(15)22)19-25-20(27-26-19)13-4-3-5-14(21)8-13/h3-10H,1-2H3. The molecule has 0 aliphatic carbocycles. The van der Waals surface area contributed by atoms with E-state index >= 15 is 0 Å². The minimum atomic E-state index is -0.395. The topological polar surface area (TPSA) is 64.7 Å². The van der Waals surface area contributed by atoms with E-state index in [-0.39, 0.29) is 11.5 Å². The Kier molecular flexibility index (Phi) is 4.41. The van der Waals surface area contributed by atoms with Gasteiger partial charge in [-0.1, -0.05) is 22.8 Å². The summed E-state index contributed by atoms with van der Waals surface area (Å²) >= 11 is 6.01. The average Bonchev–Trinajstić information content (AvgIpc) is 3.15.